The smallest absolute Gasteiger partial charge is 0.274 e. The molecule has 2 aromatic rings. The molecule has 0 saturated heterocycles. The first-order valence-electron chi connectivity index (χ1n) is 6.53. The van der Waals surface area contributed by atoms with Crippen molar-refractivity contribution in [3.63, 3.8) is 0 Å². The summed E-state index contributed by atoms with van der Waals surface area (Å²) in [5.74, 6) is 0.583. The van der Waals surface area contributed by atoms with Gasteiger partial charge >= 0.3 is 0 Å². The zero-order chi connectivity index (χ0) is 14.1. The van der Waals surface area contributed by atoms with Crippen molar-refractivity contribution in [1.82, 2.24) is 15.0 Å². The van der Waals surface area contributed by atoms with Gasteiger partial charge in [-0.1, -0.05) is 30.3 Å². The lowest BCUT2D eigenvalue weighted by molar-refractivity contribution is 0.615. The number of anilines is 1. The number of rotatable bonds is 3. The van der Waals surface area contributed by atoms with Gasteiger partial charge < -0.3 is 10.6 Å². The third-order valence-corrected chi connectivity index (χ3v) is 3.38. The van der Waals surface area contributed by atoms with E-state index in [4.69, 9.17) is 0 Å². The fourth-order valence-electron chi connectivity index (χ4n) is 2.46. The van der Waals surface area contributed by atoms with Crippen molar-refractivity contribution >= 4 is 5.95 Å². The Labute approximate surface area is 117 Å². The van der Waals surface area contributed by atoms with Gasteiger partial charge in [0.05, 0.1) is 5.69 Å². The monoisotopic (exact) mass is 271 g/mol. The van der Waals surface area contributed by atoms with Crippen molar-refractivity contribution < 1.29 is 0 Å². The first-order valence-corrected chi connectivity index (χ1v) is 6.53. The summed E-state index contributed by atoms with van der Waals surface area (Å²) in [5, 5.41) is 8.16. The van der Waals surface area contributed by atoms with Gasteiger partial charge in [-0.3, -0.25) is 9.80 Å². The van der Waals surface area contributed by atoms with E-state index in [0.29, 0.717) is 12.5 Å². The maximum atomic E-state index is 12.2. The minimum atomic E-state index is -0.0822. The van der Waals surface area contributed by atoms with Crippen molar-refractivity contribution in [1.29, 1.82) is 0 Å². The Balaban J connectivity index is 2.00. The van der Waals surface area contributed by atoms with Crippen LogP contribution in [0.25, 0.3) is 0 Å². The largest absolute Gasteiger partial charge is 0.329 e. The van der Waals surface area contributed by atoms with Gasteiger partial charge in [-0.25, -0.2) is 4.98 Å². The van der Waals surface area contributed by atoms with E-state index in [1.165, 1.54) is 0 Å². The maximum Gasteiger partial charge on any atom is 0.274 e. The van der Waals surface area contributed by atoms with E-state index in [-0.39, 0.29) is 11.7 Å². The van der Waals surface area contributed by atoms with Crippen molar-refractivity contribution in [3.05, 3.63) is 58.0 Å². The van der Waals surface area contributed by atoms with E-state index in [9.17, 15) is 4.79 Å². The highest BCUT2D eigenvalue weighted by molar-refractivity contribution is 5.42. The molecule has 0 spiro atoms. The average Bonchev–Trinajstić information content (AvgIpc) is 2.78. The van der Waals surface area contributed by atoms with Gasteiger partial charge in [0, 0.05) is 19.7 Å². The third kappa shape index (κ3) is 2.04. The Bertz CT molecular complexity index is 667. The molecule has 0 aliphatic carbocycles. The van der Waals surface area contributed by atoms with Crippen LogP contribution < -0.4 is 21.2 Å². The van der Waals surface area contributed by atoms with E-state index in [2.05, 4.69) is 15.6 Å². The highest BCUT2D eigenvalue weighted by atomic mass is 16.1. The lowest BCUT2D eigenvalue weighted by atomic mass is 10.2. The molecule has 0 fully saturated rings. The maximum absolute atomic E-state index is 12.2. The van der Waals surface area contributed by atoms with E-state index in [1.54, 1.807) is 10.7 Å². The average molecular weight is 271 g/mol. The van der Waals surface area contributed by atoms with Crippen LogP contribution in [0.1, 0.15) is 17.4 Å². The van der Waals surface area contributed by atoms with Crippen LogP contribution in [0.15, 0.2) is 41.2 Å². The fourth-order valence-corrected chi connectivity index (χ4v) is 2.46. The molecule has 1 unspecified atom stereocenters. The number of nitrogens with one attached hydrogen (secondary N) is 2. The summed E-state index contributed by atoms with van der Waals surface area (Å²) < 4.78 is 1.57. The standard InChI is InChI=1S/C14H17N5O/c1-15-9-11-8-12(20)19-14(16-11)17-13(18(19)2)10-6-4-3-5-7-10/h3-8,13,15H,9H2,1-2H3,(H,16,17). The molecule has 2 N–H and O–H groups in total. The minimum absolute atomic E-state index is 0.0753. The lowest BCUT2D eigenvalue weighted by Gasteiger charge is -2.21. The molecule has 0 amide bonds. The summed E-state index contributed by atoms with van der Waals surface area (Å²) in [6.45, 7) is 0.574. The molecular formula is C14H17N5O. The first kappa shape index (κ1) is 12.7. The molecule has 20 heavy (non-hydrogen) atoms. The number of benzene rings is 1. The molecule has 2 heterocycles. The molecule has 1 aromatic carbocycles. The van der Waals surface area contributed by atoms with Gasteiger partial charge in [0.1, 0.15) is 6.17 Å². The van der Waals surface area contributed by atoms with Crippen LogP contribution in [0.3, 0.4) is 0 Å². The van der Waals surface area contributed by atoms with Crippen LogP contribution in [-0.2, 0) is 6.54 Å². The predicted molar refractivity (Wildman–Crippen MR) is 78.2 cm³/mol. The van der Waals surface area contributed by atoms with E-state index >= 15 is 0 Å². The van der Waals surface area contributed by atoms with Crippen LogP contribution >= 0.6 is 0 Å². The van der Waals surface area contributed by atoms with Crippen molar-refractivity contribution in [2.75, 3.05) is 24.4 Å². The summed E-state index contributed by atoms with van der Waals surface area (Å²) in [4.78, 5) is 16.7. The van der Waals surface area contributed by atoms with Gasteiger partial charge in [-0.15, -0.1) is 0 Å². The molecule has 0 radical (unpaired) electrons. The van der Waals surface area contributed by atoms with Crippen molar-refractivity contribution in [2.24, 2.45) is 0 Å². The topological polar surface area (TPSA) is 62.2 Å². The van der Waals surface area contributed by atoms with Crippen LogP contribution in [0, 0.1) is 0 Å². The molecule has 1 aromatic heterocycles. The predicted octanol–water partition coefficient (Wildman–Crippen LogP) is 0.655. The first-order chi connectivity index (χ1) is 9.70. The van der Waals surface area contributed by atoms with Gasteiger partial charge in [0.2, 0.25) is 5.95 Å². The van der Waals surface area contributed by atoms with Crippen LogP contribution in [-0.4, -0.2) is 23.8 Å². The fraction of sp³-hybridized carbons (Fsp3) is 0.286. The molecule has 1 aliphatic rings. The highest BCUT2D eigenvalue weighted by Crippen LogP contribution is 2.25. The molecule has 1 aliphatic heterocycles. The summed E-state index contributed by atoms with van der Waals surface area (Å²) >= 11 is 0. The third-order valence-electron chi connectivity index (χ3n) is 3.38. The van der Waals surface area contributed by atoms with Crippen molar-refractivity contribution in [2.45, 2.75) is 12.7 Å². The Hall–Kier alpha value is -2.34. The summed E-state index contributed by atoms with van der Waals surface area (Å²) in [7, 11) is 3.71. The second kappa shape index (κ2) is 4.97. The van der Waals surface area contributed by atoms with Gasteiger partial charge in [0.25, 0.3) is 5.56 Å². The van der Waals surface area contributed by atoms with Crippen LogP contribution in [0.5, 0.6) is 0 Å². The van der Waals surface area contributed by atoms with Gasteiger partial charge in [0.15, 0.2) is 0 Å². The summed E-state index contributed by atoms with van der Waals surface area (Å²) in [5.41, 5.74) is 1.75. The highest BCUT2D eigenvalue weighted by Gasteiger charge is 2.29. The molecule has 6 heteroatoms. The number of nitrogens with zero attached hydrogens (tertiary/aromatic N) is 3. The molecule has 0 saturated carbocycles. The molecule has 0 bridgehead atoms. The molecule has 104 valence electrons. The SMILES string of the molecule is CNCc1cc(=O)n2c(n1)NC(c1ccccc1)N2C. The lowest BCUT2D eigenvalue weighted by Crippen LogP contribution is -2.37. The van der Waals surface area contributed by atoms with E-state index in [0.717, 1.165) is 11.3 Å². The minimum Gasteiger partial charge on any atom is -0.329 e. The normalized spacial score (nSPS) is 16.9. The molecule has 3 rings (SSSR count). The Morgan fingerprint density at radius 2 is 2.10 bits per heavy atom. The number of aromatic nitrogens is 2. The molecular weight excluding hydrogens is 254 g/mol. The number of fused-ring (bicyclic) bond motifs is 1. The zero-order valence-electron chi connectivity index (χ0n) is 11.5. The Kier molecular flexibility index (Phi) is 3.15. The van der Waals surface area contributed by atoms with Gasteiger partial charge in [-0.05, 0) is 12.6 Å². The number of hydrogen-bond donors (Lipinski definition) is 2. The van der Waals surface area contributed by atoms with Crippen LogP contribution in [0.2, 0.25) is 0 Å². The molecule has 6 nitrogen and oxygen atoms in total. The Morgan fingerprint density at radius 3 is 2.80 bits per heavy atom. The zero-order valence-corrected chi connectivity index (χ0v) is 11.5. The second-order valence-corrected chi connectivity index (χ2v) is 4.78. The second-order valence-electron chi connectivity index (χ2n) is 4.78. The number of hydrogen-bond acceptors (Lipinski definition) is 5. The van der Waals surface area contributed by atoms with Crippen LogP contribution in [0.4, 0.5) is 5.95 Å². The summed E-state index contributed by atoms with van der Waals surface area (Å²) in [6.07, 6.45) is -0.0822. The Morgan fingerprint density at radius 1 is 1.35 bits per heavy atom. The molecule has 1 atom stereocenters. The van der Waals surface area contributed by atoms with E-state index in [1.807, 2.05) is 49.4 Å². The quantitative estimate of drug-likeness (QED) is 0.858. The summed E-state index contributed by atoms with van der Waals surface area (Å²) in [6, 6.07) is 11.6. The van der Waals surface area contributed by atoms with Gasteiger partial charge in [-0.2, -0.15) is 4.68 Å². The van der Waals surface area contributed by atoms with Crippen molar-refractivity contribution in [3.8, 4) is 0 Å². The van der Waals surface area contributed by atoms with E-state index < -0.39 is 0 Å².